The first-order chi connectivity index (χ1) is 17.9. The standard InChI is InChI=1S/C27H23N3O7/c31-13-19-23(33)24(25(36-19)30-11-10-20(32)29-26(30)34)37-27(35)28-12-17-7-6-16-5-4-14-2-1-3-15-8-9-18(17)22(16)21(14)15/h1-11,19,23-25,31,33H,12-13H2,(H,28,35)(H,29,32,34)/t19-,23-,24-,25-/m1/s1. The SMILES string of the molecule is O=C(NCc1ccc2ccc3cccc4ccc1c2c34)O[C@@H]1[C@H](O)[C@@H](CO)O[C@H]1n1ccc(=O)[nH]c1=O. The summed E-state index contributed by atoms with van der Waals surface area (Å²) in [5.74, 6) is 0. The minimum Gasteiger partial charge on any atom is -0.438 e. The van der Waals surface area contributed by atoms with Crippen LogP contribution in [0.2, 0.25) is 0 Å². The Morgan fingerprint density at radius 3 is 2.43 bits per heavy atom. The van der Waals surface area contributed by atoms with Crippen LogP contribution < -0.4 is 16.6 Å². The van der Waals surface area contributed by atoms with Crippen molar-refractivity contribution >= 4 is 38.4 Å². The Balaban J connectivity index is 1.25. The van der Waals surface area contributed by atoms with E-state index >= 15 is 0 Å². The maximum atomic E-state index is 12.8. The van der Waals surface area contributed by atoms with Crippen LogP contribution in [0.3, 0.4) is 0 Å². The van der Waals surface area contributed by atoms with E-state index in [2.05, 4.69) is 40.6 Å². The molecule has 4 atom stereocenters. The molecule has 5 aromatic rings. The number of nitrogens with zero attached hydrogens (tertiary/aromatic N) is 1. The number of alkyl carbamates (subject to hydrolysis) is 1. The summed E-state index contributed by atoms with van der Waals surface area (Å²) >= 11 is 0. The third-order valence-corrected chi connectivity index (χ3v) is 6.90. The largest absolute Gasteiger partial charge is 0.438 e. The maximum absolute atomic E-state index is 12.8. The number of ether oxygens (including phenoxy) is 2. The van der Waals surface area contributed by atoms with Crippen LogP contribution in [0.5, 0.6) is 0 Å². The first kappa shape index (κ1) is 23.2. The number of nitrogens with one attached hydrogen (secondary N) is 2. The van der Waals surface area contributed by atoms with E-state index in [0.717, 1.165) is 48.5 Å². The second-order valence-electron chi connectivity index (χ2n) is 9.06. The molecule has 6 rings (SSSR count). The van der Waals surface area contributed by atoms with Gasteiger partial charge in [0.25, 0.3) is 5.56 Å². The van der Waals surface area contributed by atoms with Crippen LogP contribution >= 0.6 is 0 Å². The molecule has 2 heterocycles. The summed E-state index contributed by atoms with van der Waals surface area (Å²) in [7, 11) is 0. The molecule has 10 nitrogen and oxygen atoms in total. The van der Waals surface area contributed by atoms with Crippen molar-refractivity contribution in [3.05, 3.63) is 93.3 Å². The molecule has 1 fully saturated rings. The summed E-state index contributed by atoms with van der Waals surface area (Å²) in [5, 5.41) is 29.5. The number of amides is 1. The van der Waals surface area contributed by atoms with Gasteiger partial charge in [0.1, 0.15) is 12.2 Å². The molecule has 10 heteroatoms. The van der Waals surface area contributed by atoms with Gasteiger partial charge in [0, 0.05) is 18.8 Å². The molecular weight excluding hydrogens is 478 g/mol. The van der Waals surface area contributed by atoms with E-state index in [1.807, 2.05) is 24.3 Å². The number of hydrogen-bond acceptors (Lipinski definition) is 7. The van der Waals surface area contributed by atoms with Crippen molar-refractivity contribution in [2.24, 2.45) is 0 Å². The van der Waals surface area contributed by atoms with Crippen molar-refractivity contribution in [2.75, 3.05) is 6.61 Å². The number of benzene rings is 4. The predicted molar refractivity (Wildman–Crippen MR) is 136 cm³/mol. The number of carbonyl (C=O) groups excluding carboxylic acids is 1. The van der Waals surface area contributed by atoms with E-state index in [9.17, 15) is 24.6 Å². The molecule has 0 aliphatic carbocycles. The van der Waals surface area contributed by atoms with Gasteiger partial charge in [0.2, 0.25) is 0 Å². The lowest BCUT2D eigenvalue weighted by molar-refractivity contribution is -0.0569. The molecule has 0 saturated carbocycles. The number of rotatable bonds is 5. The van der Waals surface area contributed by atoms with Gasteiger partial charge in [-0.15, -0.1) is 0 Å². The average molecular weight is 501 g/mol. The van der Waals surface area contributed by atoms with Crippen molar-refractivity contribution in [1.82, 2.24) is 14.9 Å². The first-order valence-electron chi connectivity index (χ1n) is 11.8. The normalized spacial score (nSPS) is 21.7. The highest BCUT2D eigenvalue weighted by Gasteiger charge is 2.47. The molecule has 4 N–H and O–H groups in total. The Kier molecular flexibility index (Phi) is 5.64. The molecule has 0 spiro atoms. The van der Waals surface area contributed by atoms with E-state index in [1.165, 1.54) is 6.20 Å². The lowest BCUT2D eigenvalue weighted by Gasteiger charge is -2.22. The highest BCUT2D eigenvalue weighted by Crippen LogP contribution is 2.36. The van der Waals surface area contributed by atoms with Crippen LogP contribution in [0.25, 0.3) is 32.3 Å². The fourth-order valence-electron chi connectivity index (χ4n) is 5.13. The summed E-state index contributed by atoms with van der Waals surface area (Å²) in [6, 6.07) is 19.5. The van der Waals surface area contributed by atoms with E-state index in [-0.39, 0.29) is 6.54 Å². The van der Waals surface area contributed by atoms with E-state index in [1.54, 1.807) is 0 Å². The minimum absolute atomic E-state index is 0.156. The third kappa shape index (κ3) is 3.91. The molecule has 0 bridgehead atoms. The van der Waals surface area contributed by atoms with Crippen LogP contribution in [0.1, 0.15) is 11.8 Å². The molecule has 0 radical (unpaired) electrons. The van der Waals surface area contributed by atoms with Gasteiger partial charge in [-0.3, -0.25) is 14.3 Å². The zero-order chi connectivity index (χ0) is 25.7. The fraction of sp³-hybridized carbons (Fsp3) is 0.222. The maximum Gasteiger partial charge on any atom is 0.407 e. The zero-order valence-corrected chi connectivity index (χ0v) is 19.5. The molecular formula is C27H23N3O7. The van der Waals surface area contributed by atoms with Crippen molar-refractivity contribution in [3.63, 3.8) is 0 Å². The summed E-state index contributed by atoms with van der Waals surface area (Å²) in [6.07, 6.45) is -4.68. The predicted octanol–water partition coefficient (Wildman–Crippen LogP) is 1.98. The molecule has 0 unspecified atom stereocenters. The second-order valence-corrected chi connectivity index (χ2v) is 9.06. The van der Waals surface area contributed by atoms with E-state index in [4.69, 9.17) is 9.47 Å². The van der Waals surface area contributed by atoms with Gasteiger partial charge in [-0.05, 0) is 37.9 Å². The number of aromatic nitrogens is 2. The monoisotopic (exact) mass is 501 g/mol. The number of H-pyrrole nitrogens is 1. The Hall–Kier alpha value is -4.25. The van der Waals surface area contributed by atoms with Crippen molar-refractivity contribution in [1.29, 1.82) is 0 Å². The molecule has 37 heavy (non-hydrogen) atoms. The summed E-state index contributed by atoms with van der Waals surface area (Å²) in [4.78, 5) is 38.6. The molecule has 1 aromatic heterocycles. The van der Waals surface area contributed by atoms with Crippen LogP contribution in [-0.2, 0) is 16.0 Å². The number of carbonyl (C=O) groups is 1. The molecule has 4 aromatic carbocycles. The quantitative estimate of drug-likeness (QED) is 0.270. The van der Waals surface area contributed by atoms with Gasteiger partial charge < -0.3 is 25.0 Å². The van der Waals surface area contributed by atoms with Crippen LogP contribution in [0.4, 0.5) is 4.79 Å². The average Bonchev–Trinajstić information content (AvgIpc) is 3.21. The van der Waals surface area contributed by atoms with Crippen molar-refractivity contribution < 1.29 is 24.5 Å². The number of aliphatic hydroxyl groups is 2. The van der Waals surface area contributed by atoms with E-state index in [0.29, 0.717) is 0 Å². The van der Waals surface area contributed by atoms with Crippen molar-refractivity contribution in [3.8, 4) is 0 Å². The zero-order valence-electron chi connectivity index (χ0n) is 19.5. The number of aliphatic hydroxyl groups excluding tert-OH is 2. The summed E-state index contributed by atoms with van der Waals surface area (Å²) in [5.41, 5.74) is -0.527. The third-order valence-electron chi connectivity index (χ3n) is 6.90. The highest BCUT2D eigenvalue weighted by atomic mass is 16.6. The van der Waals surface area contributed by atoms with Crippen molar-refractivity contribution in [2.45, 2.75) is 31.1 Å². The smallest absolute Gasteiger partial charge is 0.407 e. The highest BCUT2D eigenvalue weighted by molar-refractivity contribution is 6.23. The Morgan fingerprint density at radius 2 is 1.70 bits per heavy atom. The first-order valence-corrected chi connectivity index (χ1v) is 11.8. The van der Waals surface area contributed by atoms with Gasteiger partial charge in [0.05, 0.1) is 6.61 Å². The molecule has 1 saturated heterocycles. The lowest BCUT2D eigenvalue weighted by atomic mass is 9.92. The Bertz CT molecular complexity index is 1730. The topological polar surface area (TPSA) is 143 Å². The number of aromatic amines is 1. The summed E-state index contributed by atoms with van der Waals surface area (Å²) in [6.45, 7) is -0.399. The van der Waals surface area contributed by atoms with E-state index < -0.39 is 48.5 Å². The molecule has 1 aliphatic heterocycles. The van der Waals surface area contributed by atoms with Gasteiger partial charge in [-0.25, -0.2) is 9.59 Å². The molecule has 1 aliphatic rings. The minimum atomic E-state index is -1.39. The second kappa shape index (κ2) is 9.00. The van der Waals surface area contributed by atoms with Gasteiger partial charge in [0.15, 0.2) is 12.3 Å². The Labute approximate surface area is 209 Å². The summed E-state index contributed by atoms with van der Waals surface area (Å²) < 4.78 is 12.0. The van der Waals surface area contributed by atoms with Crippen LogP contribution in [0.15, 0.2) is 76.4 Å². The molecule has 1 amide bonds. The van der Waals surface area contributed by atoms with Gasteiger partial charge >= 0.3 is 11.8 Å². The van der Waals surface area contributed by atoms with Gasteiger partial charge in [-0.1, -0.05) is 54.6 Å². The molecule has 188 valence electrons. The number of hydrogen-bond donors (Lipinski definition) is 4. The lowest BCUT2D eigenvalue weighted by Crippen LogP contribution is -2.42. The van der Waals surface area contributed by atoms with Gasteiger partial charge in [-0.2, -0.15) is 0 Å². The fourth-order valence-corrected chi connectivity index (χ4v) is 5.13. The van der Waals surface area contributed by atoms with Crippen LogP contribution in [0, 0.1) is 0 Å². The Morgan fingerprint density at radius 1 is 1.00 bits per heavy atom. The van der Waals surface area contributed by atoms with Crippen LogP contribution in [-0.4, -0.2) is 50.8 Å².